The standard InChI is InChI=1S/C7H6N2O8S/c1-15-6-2(8)5-3(9(11)12)4(10)7(6)17-18(13,14)16-5/h10H,8H2,1H3. The van der Waals surface area contributed by atoms with Crippen molar-refractivity contribution in [3.05, 3.63) is 10.1 Å². The maximum absolute atomic E-state index is 11.3. The Labute approximate surface area is 100.0 Å². The monoisotopic (exact) mass is 278 g/mol. The number of aromatic hydroxyl groups is 1. The zero-order chi connectivity index (χ0) is 13.7. The van der Waals surface area contributed by atoms with Gasteiger partial charge in [0.15, 0.2) is 5.75 Å². The van der Waals surface area contributed by atoms with Gasteiger partial charge in [0.2, 0.25) is 11.5 Å². The van der Waals surface area contributed by atoms with Gasteiger partial charge in [-0.1, -0.05) is 0 Å². The fourth-order valence-corrected chi connectivity index (χ4v) is 2.20. The van der Waals surface area contributed by atoms with E-state index in [1.165, 1.54) is 0 Å². The molecule has 0 fully saturated rings. The number of benzene rings is 1. The third-order valence-electron chi connectivity index (χ3n) is 2.11. The number of ether oxygens (including phenoxy) is 1. The van der Waals surface area contributed by atoms with Gasteiger partial charge in [-0.15, -0.1) is 8.42 Å². The van der Waals surface area contributed by atoms with E-state index in [0.717, 1.165) is 7.11 Å². The summed E-state index contributed by atoms with van der Waals surface area (Å²) in [5.74, 6) is -3.05. The van der Waals surface area contributed by atoms with Crippen LogP contribution in [0.5, 0.6) is 23.0 Å². The van der Waals surface area contributed by atoms with Gasteiger partial charge in [-0.2, -0.15) is 0 Å². The SMILES string of the molecule is COc1c(N)c2c([N+](=O)[O-])c(O)c1OS(=O)(=O)O2. The molecule has 0 saturated carbocycles. The number of methoxy groups -OCH3 is 1. The minimum absolute atomic E-state index is 0.367. The highest BCUT2D eigenvalue weighted by Gasteiger charge is 2.41. The first-order chi connectivity index (χ1) is 8.28. The van der Waals surface area contributed by atoms with Gasteiger partial charge in [0.25, 0.3) is 5.75 Å². The Kier molecular flexibility index (Phi) is 2.36. The Bertz CT molecular complexity index is 652. The van der Waals surface area contributed by atoms with Crippen molar-refractivity contribution in [2.75, 3.05) is 12.8 Å². The molecule has 10 nitrogen and oxygen atoms in total. The van der Waals surface area contributed by atoms with E-state index in [1.54, 1.807) is 0 Å². The molecule has 2 aliphatic rings. The molecule has 2 heterocycles. The Balaban J connectivity index is 2.93. The van der Waals surface area contributed by atoms with Crippen molar-refractivity contribution in [1.29, 1.82) is 0 Å². The van der Waals surface area contributed by atoms with Crippen LogP contribution in [0.4, 0.5) is 11.4 Å². The lowest BCUT2D eigenvalue weighted by Crippen LogP contribution is -2.14. The van der Waals surface area contributed by atoms with Crippen molar-refractivity contribution in [1.82, 2.24) is 0 Å². The molecule has 0 saturated heterocycles. The number of rotatable bonds is 2. The second-order valence-electron chi connectivity index (χ2n) is 3.13. The van der Waals surface area contributed by atoms with E-state index < -0.39 is 43.9 Å². The number of anilines is 1. The summed E-state index contributed by atoms with van der Waals surface area (Å²) < 4.78 is 35.9. The lowest BCUT2D eigenvalue weighted by molar-refractivity contribution is -0.386. The molecule has 0 aromatic heterocycles. The summed E-state index contributed by atoms with van der Waals surface area (Å²) in [4.78, 5) is 9.72. The van der Waals surface area contributed by atoms with Crippen molar-refractivity contribution < 1.29 is 31.6 Å². The van der Waals surface area contributed by atoms with Crippen LogP contribution in [-0.2, 0) is 10.4 Å². The van der Waals surface area contributed by atoms with Crippen LogP contribution in [0, 0.1) is 10.1 Å². The quantitative estimate of drug-likeness (QED) is 0.327. The minimum Gasteiger partial charge on any atom is -0.499 e. The molecule has 2 aliphatic heterocycles. The lowest BCUT2D eigenvalue weighted by atomic mass is 10.2. The highest BCUT2D eigenvalue weighted by molar-refractivity contribution is 7.82. The maximum Gasteiger partial charge on any atom is 0.501 e. The topological polar surface area (TPSA) is 151 Å². The number of nitro benzene ring substituents is 1. The number of nitrogen functional groups attached to an aromatic ring is 1. The third-order valence-corrected chi connectivity index (χ3v) is 2.85. The normalized spacial score (nSPS) is 15.4. The molecule has 0 radical (unpaired) electrons. The first-order valence-corrected chi connectivity index (χ1v) is 5.62. The van der Waals surface area contributed by atoms with Crippen LogP contribution >= 0.6 is 0 Å². The van der Waals surface area contributed by atoms with Gasteiger partial charge in [-0.25, -0.2) is 0 Å². The Morgan fingerprint density at radius 2 is 1.94 bits per heavy atom. The van der Waals surface area contributed by atoms with Crippen LogP contribution < -0.4 is 18.8 Å². The molecule has 1 aromatic carbocycles. The average Bonchev–Trinajstić information content (AvgIpc) is 2.40. The first-order valence-electron chi connectivity index (χ1n) is 4.29. The van der Waals surface area contributed by atoms with Crippen LogP contribution in [0.2, 0.25) is 0 Å². The van der Waals surface area contributed by atoms with Crippen LogP contribution in [-0.4, -0.2) is 25.6 Å². The molecule has 0 unspecified atom stereocenters. The van der Waals surface area contributed by atoms with Gasteiger partial charge >= 0.3 is 16.1 Å². The van der Waals surface area contributed by atoms with Crippen LogP contribution in [0.3, 0.4) is 0 Å². The Hall–Kier alpha value is -2.43. The predicted molar refractivity (Wildman–Crippen MR) is 55.9 cm³/mol. The van der Waals surface area contributed by atoms with Crippen molar-refractivity contribution in [3.63, 3.8) is 0 Å². The highest BCUT2D eigenvalue weighted by atomic mass is 32.3. The molecule has 0 spiro atoms. The van der Waals surface area contributed by atoms with E-state index in [1.807, 2.05) is 0 Å². The highest BCUT2D eigenvalue weighted by Crippen LogP contribution is 2.56. The number of phenols is 1. The molecule has 11 heteroatoms. The summed E-state index contributed by atoms with van der Waals surface area (Å²) in [6.45, 7) is 0. The van der Waals surface area contributed by atoms with Crippen LogP contribution in [0.15, 0.2) is 0 Å². The van der Waals surface area contributed by atoms with Crippen LogP contribution in [0.25, 0.3) is 0 Å². The Morgan fingerprint density at radius 3 is 2.44 bits per heavy atom. The summed E-state index contributed by atoms with van der Waals surface area (Å²) in [6.07, 6.45) is 0. The third kappa shape index (κ3) is 1.52. The first kappa shape index (κ1) is 12.0. The van der Waals surface area contributed by atoms with Gasteiger partial charge in [-0.05, 0) is 0 Å². The minimum atomic E-state index is -4.61. The molecular weight excluding hydrogens is 272 g/mol. The van der Waals surface area contributed by atoms with E-state index >= 15 is 0 Å². The number of nitrogens with two attached hydrogens (primary N) is 1. The summed E-state index contributed by atoms with van der Waals surface area (Å²) in [7, 11) is -3.50. The summed E-state index contributed by atoms with van der Waals surface area (Å²) >= 11 is 0. The van der Waals surface area contributed by atoms with Crippen LogP contribution in [0.1, 0.15) is 0 Å². The average molecular weight is 278 g/mol. The van der Waals surface area contributed by atoms with Crippen molar-refractivity contribution >= 4 is 21.8 Å². The predicted octanol–water partition coefficient (Wildman–Crippen LogP) is -0.0928. The van der Waals surface area contributed by atoms with Crippen molar-refractivity contribution in [2.45, 2.75) is 0 Å². The number of hydrogen-bond donors (Lipinski definition) is 2. The second kappa shape index (κ2) is 3.53. The molecule has 18 heavy (non-hydrogen) atoms. The van der Waals surface area contributed by atoms with E-state index in [2.05, 4.69) is 8.37 Å². The lowest BCUT2D eigenvalue weighted by Gasteiger charge is -2.08. The fourth-order valence-electron chi connectivity index (χ4n) is 1.43. The summed E-state index contributed by atoms with van der Waals surface area (Å²) in [6, 6.07) is 0. The van der Waals surface area contributed by atoms with Gasteiger partial charge in [0, 0.05) is 0 Å². The molecule has 0 aliphatic carbocycles. The van der Waals surface area contributed by atoms with Gasteiger partial charge in [0.1, 0.15) is 5.69 Å². The molecule has 3 N–H and O–H groups in total. The largest absolute Gasteiger partial charge is 0.501 e. The number of hydrogen-bond acceptors (Lipinski definition) is 9. The summed E-state index contributed by atoms with van der Waals surface area (Å²) in [5, 5.41) is 20.4. The van der Waals surface area contributed by atoms with E-state index in [9.17, 15) is 23.6 Å². The smallest absolute Gasteiger partial charge is 0.499 e. The fraction of sp³-hybridized carbons (Fsp3) is 0.143. The molecule has 3 rings (SSSR count). The van der Waals surface area contributed by atoms with Gasteiger partial charge < -0.3 is 23.9 Å². The van der Waals surface area contributed by atoms with E-state index in [0.29, 0.717) is 0 Å². The van der Waals surface area contributed by atoms with Gasteiger partial charge in [-0.3, -0.25) is 10.1 Å². The maximum atomic E-state index is 11.3. The molecule has 2 bridgehead atoms. The zero-order valence-electron chi connectivity index (χ0n) is 8.74. The molecule has 98 valence electrons. The van der Waals surface area contributed by atoms with E-state index in [-0.39, 0.29) is 5.75 Å². The summed E-state index contributed by atoms with van der Waals surface area (Å²) in [5.41, 5.74) is 3.99. The van der Waals surface area contributed by atoms with Crippen molar-refractivity contribution in [2.24, 2.45) is 0 Å². The zero-order valence-corrected chi connectivity index (χ0v) is 9.55. The molecular formula is C7H6N2O8S. The number of fused-ring (bicyclic) bond motifs is 4. The second-order valence-corrected chi connectivity index (χ2v) is 4.28. The number of phenolic OH excluding ortho intramolecular Hbond substituents is 1. The van der Waals surface area contributed by atoms with Gasteiger partial charge in [0.05, 0.1) is 12.0 Å². The molecule has 0 atom stereocenters. The van der Waals surface area contributed by atoms with E-state index in [4.69, 9.17) is 10.5 Å². The number of nitrogens with zero attached hydrogens (tertiary/aromatic N) is 1. The molecule has 1 aromatic rings. The van der Waals surface area contributed by atoms with Crippen molar-refractivity contribution in [3.8, 4) is 23.0 Å². The molecule has 0 amide bonds. The Morgan fingerprint density at radius 1 is 1.39 bits per heavy atom. The number of nitro groups is 1.